The number of nitrogens with zero attached hydrogens (tertiary/aromatic N) is 2. The molecule has 1 aromatic heterocycles. The Hall–Kier alpha value is -2.05. The first-order valence-corrected chi connectivity index (χ1v) is 10.1. The molecule has 0 saturated carbocycles. The predicted octanol–water partition coefficient (Wildman–Crippen LogP) is 4.63. The first-order chi connectivity index (χ1) is 12.2. The zero-order chi connectivity index (χ0) is 17.2. The molecule has 2 heterocycles. The number of benzene rings is 2. The average Bonchev–Trinajstić information content (AvgIpc) is 3.03. The van der Waals surface area contributed by atoms with Gasteiger partial charge >= 0.3 is 0 Å². The first kappa shape index (κ1) is 16.4. The Morgan fingerprint density at radius 1 is 1.24 bits per heavy atom. The number of nitrogens with one attached hydrogen (secondary N) is 1. The summed E-state index contributed by atoms with van der Waals surface area (Å²) in [6.45, 7) is 3.44. The van der Waals surface area contributed by atoms with E-state index in [2.05, 4.69) is 40.3 Å². The van der Waals surface area contributed by atoms with Crippen LogP contribution in [0.3, 0.4) is 0 Å². The van der Waals surface area contributed by atoms with Crippen LogP contribution in [0.2, 0.25) is 0 Å². The lowest BCUT2D eigenvalue weighted by molar-refractivity contribution is -0.115. The van der Waals surface area contributed by atoms with Crippen LogP contribution in [0.25, 0.3) is 10.2 Å². The molecule has 0 fully saturated rings. The Kier molecular flexibility index (Phi) is 4.63. The van der Waals surface area contributed by atoms with Crippen LogP contribution in [-0.4, -0.2) is 29.2 Å². The molecule has 128 valence electrons. The maximum Gasteiger partial charge on any atom is 0.245 e. The highest BCUT2D eigenvalue weighted by atomic mass is 32.2. The Morgan fingerprint density at radius 3 is 2.88 bits per heavy atom. The smallest absolute Gasteiger partial charge is 0.245 e. The zero-order valence-electron chi connectivity index (χ0n) is 13.9. The summed E-state index contributed by atoms with van der Waals surface area (Å²) in [6, 6.07) is 16.3. The third kappa shape index (κ3) is 3.50. The maximum absolute atomic E-state index is 12.6. The number of fused-ring (bicyclic) bond motifs is 2. The number of carbonyl (C=O) groups excluding carboxylic acids is 1. The molecule has 1 N–H and O–H groups in total. The maximum atomic E-state index is 12.6. The summed E-state index contributed by atoms with van der Waals surface area (Å²) in [6.07, 6.45) is 1.09. The number of amides is 1. The second-order valence-corrected chi connectivity index (χ2v) is 8.40. The van der Waals surface area contributed by atoms with Gasteiger partial charge in [-0.05, 0) is 30.7 Å². The normalized spacial score (nSPS) is 16.7. The lowest BCUT2D eigenvalue weighted by Gasteiger charge is -2.34. The third-order valence-corrected chi connectivity index (χ3v) is 6.62. The lowest BCUT2D eigenvalue weighted by Crippen LogP contribution is -2.40. The van der Waals surface area contributed by atoms with Gasteiger partial charge in [0.05, 0.1) is 22.4 Å². The van der Waals surface area contributed by atoms with Crippen LogP contribution in [0, 0.1) is 0 Å². The van der Waals surface area contributed by atoms with Crippen molar-refractivity contribution in [3.05, 3.63) is 48.5 Å². The molecule has 1 aliphatic heterocycles. The fourth-order valence-electron chi connectivity index (χ4n) is 3.00. The molecule has 0 bridgehead atoms. The number of thiazole rings is 1. The quantitative estimate of drug-likeness (QED) is 0.728. The van der Waals surface area contributed by atoms with Crippen molar-refractivity contribution in [2.24, 2.45) is 0 Å². The van der Waals surface area contributed by atoms with Crippen molar-refractivity contribution in [3.8, 4) is 0 Å². The molecule has 4 nitrogen and oxygen atoms in total. The molecule has 0 unspecified atom stereocenters. The molecule has 3 aromatic rings. The van der Waals surface area contributed by atoms with Gasteiger partial charge in [0.25, 0.3) is 0 Å². The van der Waals surface area contributed by atoms with E-state index in [1.807, 2.05) is 42.1 Å². The van der Waals surface area contributed by atoms with E-state index in [-0.39, 0.29) is 5.91 Å². The molecular formula is C19H19N3OS2. The minimum Gasteiger partial charge on any atom is -0.360 e. The van der Waals surface area contributed by atoms with Gasteiger partial charge in [-0.2, -0.15) is 0 Å². The van der Waals surface area contributed by atoms with Crippen molar-refractivity contribution in [1.82, 2.24) is 4.98 Å². The van der Waals surface area contributed by atoms with Crippen LogP contribution in [0.1, 0.15) is 13.3 Å². The molecule has 0 aliphatic carbocycles. The number of hydrogen-bond donors (Lipinski definition) is 1. The van der Waals surface area contributed by atoms with E-state index in [1.165, 1.54) is 16.2 Å². The molecule has 2 aromatic carbocycles. The molecular weight excluding hydrogens is 350 g/mol. The molecule has 4 rings (SSSR count). The zero-order valence-corrected chi connectivity index (χ0v) is 15.6. The minimum absolute atomic E-state index is 0.0180. The highest BCUT2D eigenvalue weighted by molar-refractivity contribution is 8.00. The second kappa shape index (κ2) is 7.06. The molecule has 1 aliphatic rings. The number of anilines is 2. The number of aromatic nitrogens is 1. The molecule has 0 radical (unpaired) electrons. The standard InChI is InChI=1S/C19H19N3OS2/c1-2-13-11-22(15-8-4-6-10-17(15)24-13)12-18(23)21-19-20-14-7-3-5-9-16(14)25-19/h3-10,13H,2,11-12H2,1H3,(H,20,21,23)/t13-/m0/s1. The van der Waals surface area contributed by atoms with E-state index >= 15 is 0 Å². The highest BCUT2D eigenvalue weighted by Gasteiger charge is 2.25. The van der Waals surface area contributed by atoms with Gasteiger partial charge in [0.15, 0.2) is 5.13 Å². The van der Waals surface area contributed by atoms with Crippen LogP contribution >= 0.6 is 23.1 Å². The van der Waals surface area contributed by atoms with E-state index in [0.717, 1.165) is 28.9 Å². The summed E-state index contributed by atoms with van der Waals surface area (Å²) < 4.78 is 1.09. The van der Waals surface area contributed by atoms with Gasteiger partial charge < -0.3 is 10.2 Å². The van der Waals surface area contributed by atoms with Gasteiger partial charge in [-0.15, -0.1) is 11.8 Å². The Bertz CT molecular complexity index is 875. The highest BCUT2D eigenvalue weighted by Crippen LogP contribution is 2.39. The van der Waals surface area contributed by atoms with Crippen LogP contribution in [0.5, 0.6) is 0 Å². The second-order valence-electron chi connectivity index (χ2n) is 6.03. The number of thioether (sulfide) groups is 1. The average molecular weight is 370 g/mol. The van der Waals surface area contributed by atoms with Gasteiger partial charge in [-0.25, -0.2) is 4.98 Å². The summed E-state index contributed by atoms with van der Waals surface area (Å²) in [7, 11) is 0. The van der Waals surface area contributed by atoms with Gasteiger partial charge in [0.2, 0.25) is 5.91 Å². The van der Waals surface area contributed by atoms with Crippen molar-refractivity contribution in [2.45, 2.75) is 23.5 Å². The summed E-state index contributed by atoms with van der Waals surface area (Å²) in [5.41, 5.74) is 2.07. The van der Waals surface area contributed by atoms with E-state index in [1.54, 1.807) is 0 Å². The molecule has 0 spiro atoms. The lowest BCUT2D eigenvalue weighted by atomic mass is 10.2. The van der Waals surface area contributed by atoms with Crippen LogP contribution in [0.4, 0.5) is 10.8 Å². The van der Waals surface area contributed by atoms with Crippen molar-refractivity contribution < 1.29 is 4.79 Å². The van der Waals surface area contributed by atoms with E-state index in [9.17, 15) is 4.79 Å². The SMILES string of the molecule is CC[C@H]1CN(CC(=O)Nc2nc3ccccc3s2)c2ccccc2S1. The van der Waals surface area contributed by atoms with Gasteiger partial charge in [-0.3, -0.25) is 4.79 Å². The fourth-order valence-corrected chi connectivity index (χ4v) is 5.14. The summed E-state index contributed by atoms with van der Waals surface area (Å²) in [4.78, 5) is 20.5. The Labute approximate surface area is 155 Å². The molecule has 6 heteroatoms. The fraction of sp³-hybridized carbons (Fsp3) is 0.263. The molecule has 1 amide bonds. The van der Waals surface area contributed by atoms with Crippen molar-refractivity contribution in [2.75, 3.05) is 23.3 Å². The molecule has 0 saturated heterocycles. The number of para-hydroxylation sites is 2. The predicted molar refractivity (Wildman–Crippen MR) is 107 cm³/mol. The Morgan fingerprint density at radius 2 is 2.04 bits per heavy atom. The summed E-state index contributed by atoms with van der Waals surface area (Å²) in [5.74, 6) is -0.0180. The van der Waals surface area contributed by atoms with Gasteiger partial charge in [0, 0.05) is 16.7 Å². The summed E-state index contributed by atoms with van der Waals surface area (Å²) >= 11 is 3.42. The van der Waals surface area contributed by atoms with E-state index in [4.69, 9.17) is 0 Å². The van der Waals surface area contributed by atoms with Crippen molar-refractivity contribution in [3.63, 3.8) is 0 Å². The monoisotopic (exact) mass is 369 g/mol. The minimum atomic E-state index is -0.0180. The number of carbonyl (C=O) groups is 1. The number of hydrogen-bond acceptors (Lipinski definition) is 5. The van der Waals surface area contributed by atoms with Crippen molar-refractivity contribution in [1.29, 1.82) is 0 Å². The van der Waals surface area contributed by atoms with Crippen LogP contribution in [0.15, 0.2) is 53.4 Å². The van der Waals surface area contributed by atoms with E-state index in [0.29, 0.717) is 16.9 Å². The largest absolute Gasteiger partial charge is 0.360 e. The van der Waals surface area contributed by atoms with Crippen LogP contribution in [-0.2, 0) is 4.79 Å². The van der Waals surface area contributed by atoms with Gasteiger partial charge in [0.1, 0.15) is 0 Å². The van der Waals surface area contributed by atoms with Crippen LogP contribution < -0.4 is 10.2 Å². The van der Waals surface area contributed by atoms with Gasteiger partial charge in [-0.1, -0.05) is 42.5 Å². The topological polar surface area (TPSA) is 45.2 Å². The first-order valence-electron chi connectivity index (χ1n) is 8.39. The van der Waals surface area contributed by atoms with E-state index < -0.39 is 0 Å². The van der Waals surface area contributed by atoms with Crippen molar-refractivity contribution >= 4 is 50.0 Å². The third-order valence-electron chi connectivity index (χ3n) is 4.25. The Balaban J connectivity index is 1.50. The molecule has 1 atom stereocenters. The summed E-state index contributed by atoms with van der Waals surface area (Å²) in [5, 5.41) is 4.15. The molecule has 25 heavy (non-hydrogen) atoms. The number of rotatable bonds is 4.